The quantitative estimate of drug-likeness (QED) is 0.319. The van der Waals surface area contributed by atoms with Gasteiger partial charge in [0.1, 0.15) is 0 Å². The lowest BCUT2D eigenvalue weighted by atomic mass is 10.4. The first-order valence-corrected chi connectivity index (χ1v) is 12.5. The molecule has 26 heavy (non-hydrogen) atoms. The number of ether oxygens (including phenoxy) is 2. The van der Waals surface area contributed by atoms with Crippen LogP contribution in [0.15, 0.2) is 0 Å². The van der Waals surface area contributed by atoms with Gasteiger partial charge >= 0.3 is 0 Å². The Hall–Kier alpha value is 0.540. The van der Waals surface area contributed by atoms with E-state index in [0.717, 1.165) is 38.5 Å². The fraction of sp³-hybridized carbons (Fsp3) is 1.00. The van der Waals surface area contributed by atoms with Gasteiger partial charge in [0, 0.05) is 35.6 Å². The second-order valence-electron chi connectivity index (χ2n) is 6.97. The van der Waals surface area contributed by atoms with Gasteiger partial charge < -0.3 is 19.3 Å². The summed E-state index contributed by atoms with van der Waals surface area (Å²) in [6.45, 7) is 20.4. The summed E-state index contributed by atoms with van der Waals surface area (Å²) in [5, 5.41) is 0.538. The average molecular weight is 409 g/mol. The second kappa shape index (κ2) is 17.6. The zero-order chi connectivity index (χ0) is 19.8. The zero-order valence-corrected chi connectivity index (χ0v) is 20.0. The lowest BCUT2D eigenvalue weighted by molar-refractivity contribution is -0.0239. The summed E-state index contributed by atoms with van der Waals surface area (Å²) < 4.78 is 11.9. The molecule has 0 N–H and O–H groups in total. The summed E-state index contributed by atoms with van der Waals surface area (Å²) in [7, 11) is 2.17. The summed E-state index contributed by atoms with van der Waals surface area (Å²) in [6.07, 6.45) is 0.457. The molecule has 0 rings (SSSR count). The highest BCUT2D eigenvalue weighted by Gasteiger charge is 2.10. The molecular formula is C20H44N2O2S2. The molecule has 0 aromatic heterocycles. The largest absolute Gasteiger partial charge is 0.375 e. The molecule has 0 fully saturated rings. The van der Waals surface area contributed by atoms with Crippen LogP contribution in [0.25, 0.3) is 0 Å². The van der Waals surface area contributed by atoms with Gasteiger partial charge in [0.15, 0.2) is 0 Å². The molecule has 3 unspecified atom stereocenters. The minimum atomic E-state index is 0.166. The Labute approximate surface area is 172 Å². The fourth-order valence-corrected chi connectivity index (χ4v) is 4.27. The maximum atomic E-state index is 5.96. The molecule has 0 bridgehead atoms. The minimum Gasteiger partial charge on any atom is -0.375 e. The van der Waals surface area contributed by atoms with Crippen LogP contribution in [-0.4, -0.2) is 97.5 Å². The van der Waals surface area contributed by atoms with Crippen LogP contribution in [-0.2, 0) is 9.47 Å². The van der Waals surface area contributed by atoms with E-state index in [1.807, 2.05) is 23.5 Å². The summed E-state index contributed by atoms with van der Waals surface area (Å²) in [5.41, 5.74) is 0. The molecule has 0 heterocycles. The number of thioether (sulfide) groups is 2. The van der Waals surface area contributed by atoms with Crippen LogP contribution in [0.3, 0.4) is 0 Å². The van der Waals surface area contributed by atoms with Crippen molar-refractivity contribution in [1.29, 1.82) is 0 Å². The first-order valence-electron chi connectivity index (χ1n) is 10.3. The molecular weight excluding hydrogens is 364 g/mol. The van der Waals surface area contributed by atoms with Gasteiger partial charge in [-0.3, -0.25) is 0 Å². The molecule has 0 saturated heterocycles. The molecule has 0 aromatic rings. The van der Waals surface area contributed by atoms with Crippen LogP contribution >= 0.6 is 23.5 Å². The maximum absolute atomic E-state index is 5.96. The van der Waals surface area contributed by atoms with E-state index in [0.29, 0.717) is 18.0 Å². The molecule has 6 heteroatoms. The summed E-state index contributed by atoms with van der Waals surface area (Å²) in [5.74, 6) is 3.41. The van der Waals surface area contributed by atoms with E-state index in [-0.39, 0.29) is 6.10 Å². The van der Waals surface area contributed by atoms with Gasteiger partial charge in [-0.05, 0) is 40.5 Å². The smallest absolute Gasteiger partial charge is 0.0781 e. The van der Waals surface area contributed by atoms with E-state index < -0.39 is 0 Å². The van der Waals surface area contributed by atoms with Crippen molar-refractivity contribution in [2.45, 2.75) is 59.0 Å². The Bertz CT molecular complexity index is 308. The molecule has 0 aliphatic carbocycles. The Kier molecular flexibility index (Phi) is 18.0. The molecule has 0 spiro atoms. The lowest BCUT2D eigenvalue weighted by Gasteiger charge is -2.21. The predicted molar refractivity (Wildman–Crippen MR) is 121 cm³/mol. The number of nitrogens with zero attached hydrogens (tertiary/aromatic N) is 2. The fourth-order valence-electron chi connectivity index (χ4n) is 2.29. The Morgan fingerprint density at radius 3 is 2.08 bits per heavy atom. The first-order chi connectivity index (χ1) is 12.4. The number of hydrogen-bond acceptors (Lipinski definition) is 6. The average Bonchev–Trinajstić information content (AvgIpc) is 2.65. The van der Waals surface area contributed by atoms with Crippen molar-refractivity contribution < 1.29 is 9.47 Å². The van der Waals surface area contributed by atoms with Crippen molar-refractivity contribution in [3.63, 3.8) is 0 Å². The van der Waals surface area contributed by atoms with Crippen molar-refractivity contribution in [1.82, 2.24) is 9.80 Å². The molecule has 3 atom stereocenters. The first kappa shape index (κ1) is 26.5. The van der Waals surface area contributed by atoms with Gasteiger partial charge in [0.05, 0.1) is 25.4 Å². The molecule has 0 aliphatic heterocycles. The molecule has 158 valence electrons. The Morgan fingerprint density at radius 2 is 1.46 bits per heavy atom. The third kappa shape index (κ3) is 15.6. The van der Waals surface area contributed by atoms with Gasteiger partial charge in [0.2, 0.25) is 0 Å². The van der Waals surface area contributed by atoms with Crippen LogP contribution in [0.1, 0.15) is 41.5 Å². The molecule has 0 aliphatic rings. The van der Waals surface area contributed by atoms with Gasteiger partial charge in [-0.15, -0.1) is 0 Å². The van der Waals surface area contributed by atoms with Gasteiger partial charge in [-0.25, -0.2) is 0 Å². The van der Waals surface area contributed by atoms with E-state index in [1.54, 1.807) is 0 Å². The lowest BCUT2D eigenvalue weighted by Crippen LogP contribution is -2.27. The van der Waals surface area contributed by atoms with E-state index in [4.69, 9.17) is 9.47 Å². The SMILES string of the molecule is CCN(C)CCSCC(C)OCC(C)OCC(C)SCCN(CC)CC. The standard InChI is InChI=1S/C20H44N2O2S2/c1-8-21(7)11-13-25-17-19(5)23-15-18(4)24-16-20(6)26-14-12-22(9-2)10-3/h18-20H,8-17H2,1-7H3. The monoisotopic (exact) mass is 408 g/mol. The van der Waals surface area contributed by atoms with E-state index in [1.165, 1.54) is 18.1 Å². The summed E-state index contributed by atoms with van der Waals surface area (Å²) in [6, 6.07) is 0. The molecule has 0 saturated carbocycles. The molecule has 4 nitrogen and oxygen atoms in total. The third-order valence-corrected chi connectivity index (χ3v) is 6.74. The van der Waals surface area contributed by atoms with E-state index >= 15 is 0 Å². The number of hydrogen-bond donors (Lipinski definition) is 0. The predicted octanol–water partition coefficient (Wildman–Crippen LogP) is 3.95. The van der Waals surface area contributed by atoms with Crippen LogP contribution in [0.5, 0.6) is 0 Å². The van der Waals surface area contributed by atoms with Crippen LogP contribution in [0, 0.1) is 0 Å². The highest BCUT2D eigenvalue weighted by molar-refractivity contribution is 8.00. The van der Waals surface area contributed by atoms with Crippen molar-refractivity contribution in [2.75, 3.05) is 70.2 Å². The second-order valence-corrected chi connectivity index (χ2v) is 9.66. The van der Waals surface area contributed by atoms with E-state index in [2.05, 4.69) is 58.4 Å². The Balaban J connectivity index is 3.64. The van der Waals surface area contributed by atoms with Crippen molar-refractivity contribution in [2.24, 2.45) is 0 Å². The van der Waals surface area contributed by atoms with Crippen LogP contribution in [0.2, 0.25) is 0 Å². The maximum Gasteiger partial charge on any atom is 0.0781 e. The third-order valence-electron chi connectivity index (χ3n) is 4.44. The van der Waals surface area contributed by atoms with Crippen molar-refractivity contribution >= 4 is 23.5 Å². The van der Waals surface area contributed by atoms with Gasteiger partial charge in [-0.2, -0.15) is 23.5 Å². The molecule has 0 amide bonds. The highest BCUT2D eigenvalue weighted by atomic mass is 32.2. The molecule has 0 aromatic carbocycles. The normalized spacial score (nSPS) is 15.6. The zero-order valence-electron chi connectivity index (χ0n) is 18.3. The van der Waals surface area contributed by atoms with Crippen molar-refractivity contribution in [3.05, 3.63) is 0 Å². The Morgan fingerprint density at radius 1 is 0.808 bits per heavy atom. The topological polar surface area (TPSA) is 24.9 Å². The van der Waals surface area contributed by atoms with Gasteiger partial charge in [0.25, 0.3) is 0 Å². The van der Waals surface area contributed by atoms with E-state index in [9.17, 15) is 0 Å². The van der Waals surface area contributed by atoms with Crippen LogP contribution in [0.4, 0.5) is 0 Å². The number of rotatable bonds is 18. The summed E-state index contributed by atoms with van der Waals surface area (Å²) >= 11 is 3.98. The highest BCUT2D eigenvalue weighted by Crippen LogP contribution is 2.12. The summed E-state index contributed by atoms with van der Waals surface area (Å²) in [4.78, 5) is 4.81. The van der Waals surface area contributed by atoms with Crippen LogP contribution < -0.4 is 0 Å². The minimum absolute atomic E-state index is 0.166. The van der Waals surface area contributed by atoms with Gasteiger partial charge in [-0.1, -0.05) is 27.7 Å². The molecule has 0 radical (unpaired) electrons. The van der Waals surface area contributed by atoms with Crippen molar-refractivity contribution in [3.8, 4) is 0 Å².